The average Bonchev–Trinajstić information content (AvgIpc) is 2.28. The highest BCUT2D eigenvalue weighted by molar-refractivity contribution is 6.00. The van der Waals surface area contributed by atoms with Crippen LogP contribution in [0.5, 0.6) is 0 Å². The van der Waals surface area contributed by atoms with Crippen LogP contribution >= 0.6 is 0 Å². The Hall–Kier alpha value is -2.24. The van der Waals surface area contributed by atoms with Crippen LogP contribution < -0.4 is 5.32 Å². The molecule has 1 amide bonds. The van der Waals surface area contributed by atoms with Gasteiger partial charge in [0.15, 0.2) is 5.78 Å². The van der Waals surface area contributed by atoms with Crippen molar-refractivity contribution in [2.75, 3.05) is 0 Å². The average molecular weight is 236 g/mol. The minimum atomic E-state index is -0.665. The van der Waals surface area contributed by atoms with Crippen molar-refractivity contribution in [3.63, 3.8) is 0 Å². The van der Waals surface area contributed by atoms with Crippen molar-refractivity contribution < 1.29 is 14.5 Å². The van der Waals surface area contributed by atoms with E-state index in [2.05, 4.69) is 5.32 Å². The van der Waals surface area contributed by atoms with Gasteiger partial charge in [-0.05, 0) is 19.9 Å². The van der Waals surface area contributed by atoms with Crippen molar-refractivity contribution in [3.05, 3.63) is 39.9 Å². The summed E-state index contributed by atoms with van der Waals surface area (Å²) >= 11 is 0. The molecule has 0 aliphatic rings. The summed E-state index contributed by atoms with van der Waals surface area (Å²) in [6.45, 7) is 2.86. The molecule has 1 rings (SSSR count). The fourth-order valence-corrected chi connectivity index (χ4v) is 1.20. The molecule has 90 valence electrons. The summed E-state index contributed by atoms with van der Waals surface area (Å²) in [4.78, 5) is 32.8. The Balaban J connectivity index is 2.97. The minimum absolute atomic E-state index is 0.0504. The number of nitro groups is 1. The first-order valence-corrected chi connectivity index (χ1v) is 4.98. The molecule has 0 radical (unpaired) electrons. The molecule has 0 saturated heterocycles. The number of nitrogens with zero attached hydrogens (tertiary/aromatic N) is 1. The Morgan fingerprint density at radius 3 is 2.47 bits per heavy atom. The Kier molecular flexibility index (Phi) is 3.92. The molecule has 1 atom stereocenters. The summed E-state index contributed by atoms with van der Waals surface area (Å²) in [6, 6.07) is 4.93. The van der Waals surface area contributed by atoms with E-state index in [4.69, 9.17) is 0 Å². The lowest BCUT2D eigenvalue weighted by molar-refractivity contribution is -0.385. The van der Waals surface area contributed by atoms with E-state index in [-0.39, 0.29) is 17.0 Å². The molecule has 17 heavy (non-hydrogen) atoms. The number of rotatable bonds is 4. The molecule has 0 saturated carbocycles. The number of hydrogen-bond donors (Lipinski definition) is 1. The number of ketones is 1. The van der Waals surface area contributed by atoms with E-state index in [1.54, 1.807) is 0 Å². The van der Waals surface area contributed by atoms with Gasteiger partial charge in [0.1, 0.15) is 5.56 Å². The van der Waals surface area contributed by atoms with Crippen molar-refractivity contribution in [1.29, 1.82) is 0 Å². The molecule has 1 N–H and O–H groups in total. The molecule has 0 spiro atoms. The molecule has 0 heterocycles. The molecule has 0 bridgehead atoms. The van der Waals surface area contributed by atoms with Gasteiger partial charge in [0, 0.05) is 6.07 Å². The number of amides is 1. The first kappa shape index (κ1) is 12.8. The van der Waals surface area contributed by atoms with Gasteiger partial charge in [-0.2, -0.15) is 0 Å². The van der Waals surface area contributed by atoms with Crippen molar-refractivity contribution in [2.24, 2.45) is 0 Å². The van der Waals surface area contributed by atoms with Gasteiger partial charge in [0.05, 0.1) is 11.0 Å². The third-order valence-electron chi connectivity index (χ3n) is 2.30. The predicted molar refractivity (Wildman–Crippen MR) is 60.7 cm³/mol. The van der Waals surface area contributed by atoms with Crippen LogP contribution in [0.3, 0.4) is 0 Å². The first-order valence-electron chi connectivity index (χ1n) is 4.98. The Morgan fingerprint density at radius 2 is 1.94 bits per heavy atom. The number of carbonyl (C=O) groups is 2. The molecule has 1 aromatic rings. The van der Waals surface area contributed by atoms with E-state index in [1.807, 2.05) is 0 Å². The zero-order valence-electron chi connectivity index (χ0n) is 9.47. The summed E-state index contributed by atoms with van der Waals surface area (Å²) in [5, 5.41) is 13.1. The van der Waals surface area contributed by atoms with Gasteiger partial charge in [0.25, 0.3) is 11.6 Å². The van der Waals surface area contributed by atoms with Crippen LogP contribution in [0.2, 0.25) is 0 Å². The van der Waals surface area contributed by atoms with E-state index >= 15 is 0 Å². The zero-order valence-corrected chi connectivity index (χ0v) is 9.47. The van der Waals surface area contributed by atoms with Gasteiger partial charge in [-0.25, -0.2) is 0 Å². The fraction of sp³-hybridized carbons (Fsp3) is 0.273. The van der Waals surface area contributed by atoms with Crippen LogP contribution in [0.1, 0.15) is 24.2 Å². The van der Waals surface area contributed by atoms with E-state index < -0.39 is 16.9 Å². The third-order valence-corrected chi connectivity index (χ3v) is 2.30. The molecule has 6 heteroatoms. The highest BCUT2D eigenvalue weighted by Crippen LogP contribution is 2.17. The predicted octanol–water partition coefficient (Wildman–Crippen LogP) is 1.30. The zero-order chi connectivity index (χ0) is 13.0. The van der Waals surface area contributed by atoms with E-state index in [1.165, 1.54) is 38.1 Å². The van der Waals surface area contributed by atoms with Gasteiger partial charge in [0.2, 0.25) is 0 Å². The van der Waals surface area contributed by atoms with Crippen molar-refractivity contribution in [3.8, 4) is 0 Å². The Labute approximate surface area is 97.8 Å². The maximum Gasteiger partial charge on any atom is 0.282 e. The van der Waals surface area contributed by atoms with E-state index in [9.17, 15) is 19.7 Å². The van der Waals surface area contributed by atoms with E-state index in [0.717, 1.165) is 0 Å². The monoisotopic (exact) mass is 236 g/mol. The second kappa shape index (κ2) is 5.20. The Bertz CT molecular complexity index is 470. The van der Waals surface area contributed by atoms with Crippen molar-refractivity contribution in [1.82, 2.24) is 5.32 Å². The quantitative estimate of drug-likeness (QED) is 0.630. The van der Waals surface area contributed by atoms with Gasteiger partial charge in [-0.3, -0.25) is 19.7 Å². The first-order chi connectivity index (χ1) is 7.93. The fourth-order valence-electron chi connectivity index (χ4n) is 1.20. The summed E-state index contributed by atoms with van der Waals surface area (Å²) in [6.07, 6.45) is 0. The smallest absolute Gasteiger partial charge is 0.282 e. The van der Waals surface area contributed by atoms with Crippen molar-refractivity contribution in [2.45, 2.75) is 19.9 Å². The van der Waals surface area contributed by atoms with Gasteiger partial charge in [-0.1, -0.05) is 12.1 Å². The van der Waals surface area contributed by atoms with Crippen LogP contribution in [0, 0.1) is 10.1 Å². The standard InChI is InChI=1S/C11H12N2O4/c1-7(8(2)14)12-11(15)9-5-3-4-6-10(9)13(16)17/h3-7H,1-2H3,(H,12,15). The van der Waals surface area contributed by atoms with Crippen LogP contribution in [0.4, 0.5) is 5.69 Å². The number of Topliss-reactive ketones (excluding diaryl/α,β-unsaturated/α-hetero) is 1. The normalized spacial score (nSPS) is 11.6. The SMILES string of the molecule is CC(=O)C(C)NC(=O)c1ccccc1[N+](=O)[O-]. The molecule has 1 unspecified atom stereocenters. The lowest BCUT2D eigenvalue weighted by Gasteiger charge is -2.10. The molecular formula is C11H12N2O4. The highest BCUT2D eigenvalue weighted by atomic mass is 16.6. The van der Waals surface area contributed by atoms with E-state index in [0.29, 0.717) is 0 Å². The second-order valence-electron chi connectivity index (χ2n) is 3.58. The van der Waals surface area contributed by atoms with Crippen LogP contribution in [0.25, 0.3) is 0 Å². The minimum Gasteiger partial charge on any atom is -0.342 e. The number of benzene rings is 1. The van der Waals surface area contributed by atoms with Gasteiger partial charge < -0.3 is 5.32 Å². The topological polar surface area (TPSA) is 89.3 Å². The number of nitro benzene ring substituents is 1. The number of carbonyl (C=O) groups excluding carboxylic acids is 2. The van der Waals surface area contributed by atoms with Gasteiger partial charge >= 0.3 is 0 Å². The lowest BCUT2D eigenvalue weighted by atomic mass is 10.1. The third kappa shape index (κ3) is 3.10. The Morgan fingerprint density at radius 1 is 1.35 bits per heavy atom. The summed E-state index contributed by atoms with van der Waals surface area (Å²) in [5.74, 6) is -0.836. The molecule has 6 nitrogen and oxygen atoms in total. The maximum absolute atomic E-state index is 11.7. The van der Waals surface area contributed by atoms with Crippen LogP contribution in [0.15, 0.2) is 24.3 Å². The summed E-state index contributed by atoms with van der Waals surface area (Å²) in [7, 11) is 0. The molecule has 0 fully saturated rings. The second-order valence-corrected chi connectivity index (χ2v) is 3.58. The molecule has 1 aromatic carbocycles. The number of nitrogens with one attached hydrogen (secondary N) is 1. The van der Waals surface area contributed by atoms with Crippen molar-refractivity contribution >= 4 is 17.4 Å². The summed E-state index contributed by atoms with van der Waals surface area (Å²) in [5.41, 5.74) is -0.327. The van der Waals surface area contributed by atoms with Crippen LogP contribution in [-0.4, -0.2) is 22.7 Å². The molecule has 0 aromatic heterocycles. The highest BCUT2D eigenvalue weighted by Gasteiger charge is 2.21. The largest absolute Gasteiger partial charge is 0.342 e. The number of para-hydroxylation sites is 1. The lowest BCUT2D eigenvalue weighted by Crippen LogP contribution is -2.37. The molecule has 0 aliphatic heterocycles. The van der Waals surface area contributed by atoms with Gasteiger partial charge in [-0.15, -0.1) is 0 Å². The summed E-state index contributed by atoms with van der Waals surface area (Å²) < 4.78 is 0. The van der Waals surface area contributed by atoms with Crippen LogP contribution in [-0.2, 0) is 4.79 Å². The maximum atomic E-state index is 11.7. The number of hydrogen-bond acceptors (Lipinski definition) is 4. The molecule has 0 aliphatic carbocycles. The molecular weight excluding hydrogens is 224 g/mol.